The molecule has 1 atom stereocenters. The van der Waals surface area contributed by atoms with Crippen LogP contribution in [0, 0.1) is 11.3 Å². The van der Waals surface area contributed by atoms with E-state index in [4.69, 9.17) is 4.74 Å². The molecule has 17 heavy (non-hydrogen) atoms. The zero-order chi connectivity index (χ0) is 12.9. The molecule has 3 nitrogen and oxygen atoms in total. The van der Waals surface area contributed by atoms with E-state index < -0.39 is 0 Å². The van der Waals surface area contributed by atoms with Gasteiger partial charge in [-0.1, -0.05) is 27.2 Å². The van der Waals surface area contributed by atoms with Crippen molar-refractivity contribution in [1.29, 1.82) is 0 Å². The molecule has 1 aliphatic heterocycles. The van der Waals surface area contributed by atoms with Crippen molar-refractivity contribution in [3.8, 4) is 0 Å². The van der Waals surface area contributed by atoms with Crippen LogP contribution in [-0.2, 0) is 9.53 Å². The van der Waals surface area contributed by atoms with Crippen molar-refractivity contribution in [1.82, 2.24) is 5.32 Å². The highest BCUT2D eigenvalue weighted by molar-refractivity contribution is 5.77. The zero-order valence-corrected chi connectivity index (χ0v) is 11.7. The van der Waals surface area contributed by atoms with Gasteiger partial charge in [-0.3, -0.25) is 4.79 Å². The number of hydrogen-bond donors (Lipinski definition) is 1. The minimum Gasteiger partial charge on any atom is -0.462 e. The standard InChI is InChI=1S/C14H27NO2/c1-5-6-14(7-9-15-10-8-14)13(16)17-12(4)11(2)3/h11-12,15H,5-10H2,1-4H3. The predicted octanol–water partition coefficient (Wildman–Crippen LogP) is 2.74. The number of ether oxygens (including phenoxy) is 1. The molecule has 0 radical (unpaired) electrons. The summed E-state index contributed by atoms with van der Waals surface area (Å²) in [7, 11) is 0. The van der Waals surface area contributed by atoms with Crippen LogP contribution in [0.25, 0.3) is 0 Å². The topological polar surface area (TPSA) is 38.3 Å². The van der Waals surface area contributed by atoms with Crippen LogP contribution in [0.5, 0.6) is 0 Å². The Labute approximate surface area is 105 Å². The molecule has 1 N–H and O–H groups in total. The van der Waals surface area contributed by atoms with Gasteiger partial charge in [0, 0.05) is 0 Å². The third-order valence-electron chi connectivity index (χ3n) is 3.95. The Morgan fingerprint density at radius 2 is 1.88 bits per heavy atom. The Bertz CT molecular complexity index is 239. The number of rotatable bonds is 5. The summed E-state index contributed by atoms with van der Waals surface area (Å²) < 4.78 is 5.64. The predicted molar refractivity (Wildman–Crippen MR) is 69.8 cm³/mol. The fourth-order valence-electron chi connectivity index (χ4n) is 2.37. The lowest BCUT2D eigenvalue weighted by Gasteiger charge is -2.36. The normalized spacial score (nSPS) is 21.2. The van der Waals surface area contributed by atoms with Crippen LogP contribution < -0.4 is 5.32 Å². The second-order valence-corrected chi connectivity index (χ2v) is 5.63. The van der Waals surface area contributed by atoms with E-state index in [0.717, 1.165) is 38.8 Å². The van der Waals surface area contributed by atoms with Gasteiger partial charge in [-0.05, 0) is 45.2 Å². The fourth-order valence-corrected chi connectivity index (χ4v) is 2.37. The molecule has 100 valence electrons. The van der Waals surface area contributed by atoms with Crippen LogP contribution in [0.15, 0.2) is 0 Å². The maximum atomic E-state index is 12.4. The minimum atomic E-state index is -0.219. The first kappa shape index (κ1) is 14.5. The minimum absolute atomic E-state index is 0.0196. The number of carbonyl (C=O) groups excluding carboxylic acids is 1. The first-order chi connectivity index (χ1) is 8.02. The molecule has 3 heteroatoms. The summed E-state index contributed by atoms with van der Waals surface area (Å²) in [5.74, 6) is 0.418. The molecule has 0 spiro atoms. The molecule has 0 aromatic rings. The third kappa shape index (κ3) is 3.70. The summed E-state index contributed by atoms with van der Waals surface area (Å²) >= 11 is 0. The Morgan fingerprint density at radius 1 is 1.29 bits per heavy atom. The Kier molecular flexibility index (Phi) is 5.44. The average Bonchev–Trinajstić information content (AvgIpc) is 2.30. The van der Waals surface area contributed by atoms with Crippen LogP contribution in [0.1, 0.15) is 53.4 Å². The number of carbonyl (C=O) groups is 1. The largest absolute Gasteiger partial charge is 0.462 e. The van der Waals surface area contributed by atoms with E-state index >= 15 is 0 Å². The van der Waals surface area contributed by atoms with Gasteiger partial charge < -0.3 is 10.1 Å². The Morgan fingerprint density at radius 3 is 2.35 bits per heavy atom. The van der Waals surface area contributed by atoms with Crippen molar-refractivity contribution in [3.05, 3.63) is 0 Å². The molecule has 0 aromatic carbocycles. The first-order valence-corrected chi connectivity index (χ1v) is 6.93. The lowest BCUT2D eigenvalue weighted by molar-refractivity contribution is -0.165. The summed E-state index contributed by atoms with van der Waals surface area (Å²) in [4.78, 5) is 12.4. The van der Waals surface area contributed by atoms with E-state index in [0.29, 0.717) is 5.92 Å². The highest BCUT2D eigenvalue weighted by Gasteiger charge is 2.40. The number of nitrogens with one attached hydrogen (secondary N) is 1. The van der Waals surface area contributed by atoms with E-state index in [1.807, 2.05) is 6.92 Å². The molecule has 1 fully saturated rings. The van der Waals surface area contributed by atoms with Crippen molar-refractivity contribution in [2.45, 2.75) is 59.5 Å². The van der Waals surface area contributed by atoms with Gasteiger partial charge in [-0.15, -0.1) is 0 Å². The van der Waals surface area contributed by atoms with Crippen molar-refractivity contribution in [2.24, 2.45) is 11.3 Å². The van der Waals surface area contributed by atoms with Crippen LogP contribution in [0.4, 0.5) is 0 Å². The Balaban J connectivity index is 2.66. The number of hydrogen-bond acceptors (Lipinski definition) is 3. The molecule has 1 unspecified atom stereocenters. The van der Waals surface area contributed by atoms with Gasteiger partial charge in [0.25, 0.3) is 0 Å². The molecule has 1 heterocycles. The zero-order valence-electron chi connectivity index (χ0n) is 11.7. The van der Waals surface area contributed by atoms with Gasteiger partial charge in [0.1, 0.15) is 6.10 Å². The maximum absolute atomic E-state index is 12.4. The molecule has 0 saturated carbocycles. The highest BCUT2D eigenvalue weighted by Crippen LogP contribution is 2.36. The monoisotopic (exact) mass is 241 g/mol. The third-order valence-corrected chi connectivity index (χ3v) is 3.95. The SMILES string of the molecule is CCCC1(C(=O)OC(C)C(C)C)CCNCC1. The van der Waals surface area contributed by atoms with E-state index in [-0.39, 0.29) is 17.5 Å². The van der Waals surface area contributed by atoms with Gasteiger partial charge in [-0.2, -0.15) is 0 Å². The molecule has 1 saturated heterocycles. The molecular weight excluding hydrogens is 214 g/mol. The molecular formula is C14H27NO2. The van der Waals surface area contributed by atoms with Gasteiger partial charge >= 0.3 is 5.97 Å². The maximum Gasteiger partial charge on any atom is 0.312 e. The second-order valence-electron chi connectivity index (χ2n) is 5.63. The quantitative estimate of drug-likeness (QED) is 0.752. The van der Waals surface area contributed by atoms with E-state index in [1.54, 1.807) is 0 Å². The first-order valence-electron chi connectivity index (χ1n) is 6.93. The van der Waals surface area contributed by atoms with E-state index in [1.165, 1.54) is 0 Å². The van der Waals surface area contributed by atoms with Crippen LogP contribution in [-0.4, -0.2) is 25.2 Å². The summed E-state index contributed by atoms with van der Waals surface area (Å²) in [6.07, 6.45) is 3.87. The van der Waals surface area contributed by atoms with Gasteiger partial charge in [0.05, 0.1) is 5.41 Å². The van der Waals surface area contributed by atoms with Crippen LogP contribution in [0.3, 0.4) is 0 Å². The van der Waals surface area contributed by atoms with E-state index in [9.17, 15) is 4.79 Å². The molecule has 0 aromatic heterocycles. The van der Waals surface area contributed by atoms with Gasteiger partial charge in [-0.25, -0.2) is 0 Å². The van der Waals surface area contributed by atoms with Gasteiger partial charge in [0.2, 0.25) is 0 Å². The summed E-state index contributed by atoms with van der Waals surface area (Å²) in [6.45, 7) is 10.2. The number of esters is 1. The summed E-state index contributed by atoms with van der Waals surface area (Å²) in [5, 5.41) is 3.32. The lowest BCUT2D eigenvalue weighted by Crippen LogP contribution is -2.44. The highest BCUT2D eigenvalue weighted by atomic mass is 16.5. The van der Waals surface area contributed by atoms with Crippen molar-refractivity contribution < 1.29 is 9.53 Å². The number of piperidine rings is 1. The Hall–Kier alpha value is -0.570. The van der Waals surface area contributed by atoms with Crippen LogP contribution in [0.2, 0.25) is 0 Å². The smallest absolute Gasteiger partial charge is 0.312 e. The lowest BCUT2D eigenvalue weighted by atomic mass is 9.75. The second kappa shape index (κ2) is 6.39. The van der Waals surface area contributed by atoms with Gasteiger partial charge in [0.15, 0.2) is 0 Å². The fraction of sp³-hybridized carbons (Fsp3) is 0.929. The average molecular weight is 241 g/mol. The van der Waals surface area contributed by atoms with Crippen molar-refractivity contribution in [2.75, 3.05) is 13.1 Å². The molecule has 1 rings (SSSR count). The van der Waals surface area contributed by atoms with E-state index in [2.05, 4.69) is 26.1 Å². The van der Waals surface area contributed by atoms with Crippen molar-refractivity contribution in [3.63, 3.8) is 0 Å². The molecule has 1 aliphatic rings. The molecule has 0 aliphatic carbocycles. The summed E-state index contributed by atoms with van der Waals surface area (Å²) in [6, 6.07) is 0. The summed E-state index contributed by atoms with van der Waals surface area (Å²) in [5.41, 5.74) is -0.219. The molecule has 0 amide bonds. The molecule has 0 bridgehead atoms. The van der Waals surface area contributed by atoms with Crippen molar-refractivity contribution >= 4 is 5.97 Å². The van der Waals surface area contributed by atoms with Crippen LogP contribution >= 0.6 is 0 Å².